The van der Waals surface area contributed by atoms with E-state index in [4.69, 9.17) is 9.47 Å². The van der Waals surface area contributed by atoms with Crippen molar-refractivity contribution in [1.29, 1.82) is 0 Å². The van der Waals surface area contributed by atoms with E-state index in [9.17, 15) is 10.2 Å². The van der Waals surface area contributed by atoms with Crippen molar-refractivity contribution in [2.24, 2.45) is 4.99 Å². The minimum absolute atomic E-state index is 0.212. The number of rotatable bonds is 5. The van der Waals surface area contributed by atoms with E-state index in [0.717, 1.165) is 0 Å². The Morgan fingerprint density at radius 2 is 2.35 bits per heavy atom. The number of aliphatic imine (C=N–C) groups is 1. The number of imidazole rings is 1. The molecule has 9 heteroatoms. The van der Waals surface area contributed by atoms with E-state index in [1.165, 1.54) is 0 Å². The molecule has 0 radical (unpaired) electrons. The third-order valence-electron chi connectivity index (χ3n) is 3.96. The molecular weight excluding hydrogens is 320 g/mol. The Balaban J connectivity index is 1.93. The number of hydrogen-bond acceptors (Lipinski definition) is 8. The fraction of sp³-hybridized carbons (Fsp3) is 0.571. The molecule has 0 aliphatic carbocycles. The maximum atomic E-state index is 10.3. The largest absolute Gasteiger partial charge is 0.394 e. The third-order valence-corrected chi connectivity index (χ3v) is 4.57. The van der Waals surface area contributed by atoms with E-state index in [0.29, 0.717) is 11.5 Å². The van der Waals surface area contributed by atoms with E-state index in [-0.39, 0.29) is 18.6 Å². The molecule has 2 aliphatic heterocycles. The van der Waals surface area contributed by atoms with Gasteiger partial charge in [0.2, 0.25) is 0 Å². The van der Waals surface area contributed by atoms with Gasteiger partial charge in [-0.15, -0.1) is 19.2 Å². The molecule has 8 nitrogen and oxygen atoms in total. The van der Waals surface area contributed by atoms with Crippen molar-refractivity contribution in [3.63, 3.8) is 0 Å². The van der Waals surface area contributed by atoms with Gasteiger partial charge in [0.15, 0.2) is 12.0 Å². The van der Waals surface area contributed by atoms with Gasteiger partial charge in [0, 0.05) is 7.05 Å². The van der Waals surface area contributed by atoms with Crippen LogP contribution in [-0.4, -0.2) is 69.6 Å². The first-order valence-corrected chi connectivity index (χ1v) is 7.78. The van der Waals surface area contributed by atoms with Crippen LogP contribution in [0.5, 0.6) is 0 Å². The Hall–Kier alpha value is -1.39. The Morgan fingerprint density at radius 1 is 1.57 bits per heavy atom. The van der Waals surface area contributed by atoms with E-state index in [2.05, 4.69) is 29.2 Å². The summed E-state index contributed by atoms with van der Waals surface area (Å²) in [6, 6.07) is 0. The number of thiol groups is 1. The second kappa shape index (κ2) is 6.62. The van der Waals surface area contributed by atoms with Crippen LogP contribution in [0.1, 0.15) is 17.3 Å². The minimum Gasteiger partial charge on any atom is -0.394 e. The lowest BCUT2D eigenvalue weighted by Gasteiger charge is -2.26. The molecule has 3 heterocycles. The van der Waals surface area contributed by atoms with Gasteiger partial charge in [0.1, 0.15) is 29.4 Å². The van der Waals surface area contributed by atoms with Gasteiger partial charge in [-0.25, -0.2) is 9.98 Å². The summed E-state index contributed by atoms with van der Waals surface area (Å²) in [5.41, 5.74) is 0.700. The number of aromatic nitrogens is 2. The smallest absolute Gasteiger partial charge is 0.166 e. The Morgan fingerprint density at radius 3 is 3.04 bits per heavy atom. The molecule has 2 N–H and O–H groups in total. The zero-order valence-corrected chi connectivity index (χ0v) is 13.6. The average molecular weight is 340 g/mol. The molecule has 5 atom stereocenters. The van der Waals surface area contributed by atoms with Gasteiger partial charge >= 0.3 is 0 Å². The molecule has 1 aromatic heterocycles. The van der Waals surface area contributed by atoms with Crippen molar-refractivity contribution in [1.82, 2.24) is 14.5 Å². The highest BCUT2D eigenvalue weighted by Crippen LogP contribution is 2.39. The minimum atomic E-state index is -0.954. The molecule has 23 heavy (non-hydrogen) atoms. The predicted molar refractivity (Wildman–Crippen MR) is 86.8 cm³/mol. The highest BCUT2D eigenvalue weighted by Gasteiger charge is 2.46. The Bertz CT molecular complexity index is 608. The maximum Gasteiger partial charge on any atom is 0.166 e. The van der Waals surface area contributed by atoms with Gasteiger partial charge in [0.05, 0.1) is 25.9 Å². The fourth-order valence-corrected chi connectivity index (χ4v) is 2.97. The lowest BCUT2D eigenvalue weighted by Crippen LogP contribution is -2.35. The summed E-state index contributed by atoms with van der Waals surface area (Å²) in [6.07, 6.45) is 1.87. The van der Waals surface area contributed by atoms with Gasteiger partial charge in [-0.05, 0) is 0 Å². The normalized spacial score (nSPS) is 33.0. The van der Waals surface area contributed by atoms with Crippen LogP contribution in [0.4, 0.5) is 5.82 Å². The van der Waals surface area contributed by atoms with Gasteiger partial charge in [-0.1, -0.05) is 6.08 Å². The fourth-order valence-electron chi connectivity index (χ4n) is 2.72. The Kier molecular flexibility index (Phi) is 4.74. The average Bonchev–Trinajstić information content (AvgIpc) is 3.10. The standard InChI is InChI=1S/C14H20N4O4S/c1-3-4-21-11-10(20)8(5-19)22-13(11)18-7-15-9-12(18)16-6-17(2)14(9)23/h3,6-8,10-11,13-14,19-20,23H,1,4-5H2,2H3/t8-,10?,11?,13-,14?/m1/s1. The molecule has 2 aliphatic rings. The molecule has 0 amide bonds. The zero-order valence-electron chi connectivity index (χ0n) is 12.7. The number of ether oxygens (including phenoxy) is 2. The van der Waals surface area contributed by atoms with Gasteiger partial charge in [0.25, 0.3) is 0 Å². The first-order valence-electron chi connectivity index (χ1n) is 7.26. The van der Waals surface area contributed by atoms with Crippen LogP contribution in [0.15, 0.2) is 24.0 Å². The molecular formula is C14H20N4O4S. The van der Waals surface area contributed by atoms with Crippen molar-refractivity contribution in [2.75, 3.05) is 20.3 Å². The molecule has 1 saturated heterocycles. The van der Waals surface area contributed by atoms with Crippen molar-refractivity contribution >= 4 is 24.8 Å². The summed E-state index contributed by atoms with van der Waals surface area (Å²) >= 11 is 4.51. The number of aliphatic hydroxyl groups excluding tert-OH is 2. The van der Waals surface area contributed by atoms with E-state index in [1.54, 1.807) is 23.3 Å². The molecule has 3 rings (SSSR count). The summed E-state index contributed by atoms with van der Waals surface area (Å²) in [4.78, 5) is 10.6. The molecule has 1 fully saturated rings. The van der Waals surface area contributed by atoms with Crippen LogP contribution >= 0.6 is 12.6 Å². The zero-order chi connectivity index (χ0) is 16.6. The lowest BCUT2D eigenvalue weighted by atomic mass is 10.1. The number of aliphatic hydroxyl groups is 2. The summed E-state index contributed by atoms with van der Waals surface area (Å²) in [7, 11) is 1.86. The van der Waals surface area contributed by atoms with Crippen molar-refractivity contribution in [3.8, 4) is 0 Å². The van der Waals surface area contributed by atoms with Crippen LogP contribution < -0.4 is 0 Å². The SMILES string of the molecule is C=CCOC1C(O)[C@@H](CO)O[C@H]1n1cnc2c1N=CN(C)C2S. The Labute approximate surface area is 139 Å². The highest BCUT2D eigenvalue weighted by atomic mass is 32.1. The van der Waals surface area contributed by atoms with Crippen LogP contribution in [0.25, 0.3) is 0 Å². The predicted octanol–water partition coefficient (Wildman–Crippen LogP) is 0.238. The van der Waals surface area contributed by atoms with Crippen molar-refractivity contribution in [3.05, 3.63) is 24.7 Å². The van der Waals surface area contributed by atoms with Crippen LogP contribution in [0, 0.1) is 0 Å². The third kappa shape index (κ3) is 2.79. The van der Waals surface area contributed by atoms with Crippen LogP contribution in [-0.2, 0) is 9.47 Å². The van der Waals surface area contributed by atoms with Gasteiger partial charge < -0.3 is 24.6 Å². The van der Waals surface area contributed by atoms with E-state index >= 15 is 0 Å². The number of nitrogens with zero attached hydrogens (tertiary/aromatic N) is 4. The second-order valence-electron chi connectivity index (χ2n) is 5.47. The molecule has 0 saturated carbocycles. The van der Waals surface area contributed by atoms with Crippen LogP contribution in [0.3, 0.4) is 0 Å². The molecule has 1 aromatic rings. The quantitative estimate of drug-likeness (QED) is 0.525. The monoisotopic (exact) mass is 340 g/mol. The lowest BCUT2D eigenvalue weighted by molar-refractivity contribution is -0.0655. The summed E-state index contributed by atoms with van der Waals surface area (Å²) in [6.45, 7) is 3.57. The van der Waals surface area contributed by atoms with Crippen molar-refractivity contribution < 1.29 is 19.7 Å². The summed E-state index contributed by atoms with van der Waals surface area (Å²) < 4.78 is 13.1. The summed E-state index contributed by atoms with van der Waals surface area (Å²) in [5, 5.41) is 19.5. The van der Waals surface area contributed by atoms with Crippen LogP contribution in [0.2, 0.25) is 0 Å². The van der Waals surface area contributed by atoms with E-state index in [1.807, 2.05) is 11.9 Å². The van der Waals surface area contributed by atoms with Gasteiger partial charge in [-0.3, -0.25) is 4.57 Å². The second-order valence-corrected chi connectivity index (χ2v) is 5.96. The van der Waals surface area contributed by atoms with Gasteiger partial charge in [-0.2, -0.15) is 0 Å². The number of fused-ring (bicyclic) bond motifs is 1. The maximum absolute atomic E-state index is 10.3. The van der Waals surface area contributed by atoms with Crippen molar-refractivity contribution in [2.45, 2.75) is 29.9 Å². The van der Waals surface area contributed by atoms with E-state index < -0.39 is 24.5 Å². The molecule has 3 unspecified atom stereocenters. The topological polar surface area (TPSA) is 92.3 Å². The molecule has 0 spiro atoms. The molecule has 126 valence electrons. The summed E-state index contributed by atoms with van der Waals surface area (Å²) in [5.74, 6) is 0.603. The number of hydrogen-bond donors (Lipinski definition) is 3. The molecule has 0 bridgehead atoms. The first kappa shape index (κ1) is 16.5. The molecule has 0 aromatic carbocycles. The highest BCUT2D eigenvalue weighted by molar-refractivity contribution is 7.80. The first-order chi connectivity index (χ1) is 11.1.